The Morgan fingerprint density at radius 2 is 1.96 bits per heavy atom. The fourth-order valence-corrected chi connectivity index (χ4v) is 2.38. The van der Waals surface area contributed by atoms with Crippen molar-refractivity contribution in [3.63, 3.8) is 0 Å². The van der Waals surface area contributed by atoms with E-state index in [1.54, 1.807) is 6.20 Å². The third-order valence-corrected chi connectivity index (χ3v) is 3.64. The van der Waals surface area contributed by atoms with Crippen molar-refractivity contribution in [2.24, 2.45) is 0 Å². The lowest BCUT2D eigenvalue weighted by atomic mass is 10.2. The minimum atomic E-state index is 0.678. The van der Waals surface area contributed by atoms with Gasteiger partial charge in [0, 0.05) is 25.0 Å². The van der Waals surface area contributed by atoms with E-state index in [4.69, 9.17) is 4.52 Å². The van der Waals surface area contributed by atoms with E-state index in [0.717, 1.165) is 35.8 Å². The predicted molar refractivity (Wildman–Crippen MR) is 88.5 cm³/mol. The normalized spacial score (nSPS) is 11.1. The van der Waals surface area contributed by atoms with Crippen molar-refractivity contribution in [1.82, 2.24) is 20.0 Å². The van der Waals surface area contributed by atoms with Crippen molar-refractivity contribution >= 4 is 0 Å². The summed E-state index contributed by atoms with van der Waals surface area (Å²) in [6.07, 6.45) is 4.70. The van der Waals surface area contributed by atoms with Gasteiger partial charge in [-0.2, -0.15) is 0 Å². The molecule has 0 amide bonds. The van der Waals surface area contributed by atoms with Crippen LogP contribution in [0.2, 0.25) is 0 Å². The maximum absolute atomic E-state index is 5.41. The summed E-state index contributed by atoms with van der Waals surface area (Å²) in [5, 5.41) is 4.09. The maximum atomic E-state index is 5.41. The summed E-state index contributed by atoms with van der Waals surface area (Å²) < 4.78 is 5.41. The van der Waals surface area contributed by atoms with Gasteiger partial charge in [0.1, 0.15) is 5.69 Å². The van der Waals surface area contributed by atoms with Gasteiger partial charge in [0.05, 0.1) is 17.9 Å². The Hall–Kier alpha value is -2.53. The molecule has 3 heterocycles. The Balaban J connectivity index is 1.61. The zero-order valence-electron chi connectivity index (χ0n) is 13.4. The van der Waals surface area contributed by atoms with Gasteiger partial charge >= 0.3 is 0 Å². The summed E-state index contributed by atoms with van der Waals surface area (Å²) in [7, 11) is 2.04. The first-order chi connectivity index (χ1) is 11.2. The van der Waals surface area contributed by atoms with E-state index in [0.29, 0.717) is 6.54 Å². The maximum Gasteiger partial charge on any atom is 0.151 e. The molecule has 118 valence electrons. The Kier molecular flexibility index (Phi) is 4.78. The van der Waals surface area contributed by atoms with Gasteiger partial charge in [-0.25, -0.2) is 0 Å². The van der Waals surface area contributed by atoms with Crippen LogP contribution in [0.25, 0.3) is 11.4 Å². The van der Waals surface area contributed by atoms with E-state index < -0.39 is 0 Å². The van der Waals surface area contributed by atoms with Crippen LogP contribution in [0.4, 0.5) is 0 Å². The monoisotopic (exact) mass is 308 g/mol. The minimum absolute atomic E-state index is 0.678. The highest BCUT2D eigenvalue weighted by Gasteiger charge is 2.10. The molecule has 0 fully saturated rings. The SMILES string of the molecule is CCc1ccc(CN(C)Cc2cc(-c3ccccn3)no2)nc1. The topological polar surface area (TPSA) is 55.1 Å². The van der Waals surface area contributed by atoms with Crippen molar-refractivity contribution in [1.29, 1.82) is 0 Å². The molecule has 3 rings (SSSR count). The number of pyridine rings is 2. The van der Waals surface area contributed by atoms with Crippen molar-refractivity contribution in [2.45, 2.75) is 26.4 Å². The Morgan fingerprint density at radius 1 is 1.04 bits per heavy atom. The molecule has 23 heavy (non-hydrogen) atoms. The van der Waals surface area contributed by atoms with Crippen LogP contribution in [0.3, 0.4) is 0 Å². The van der Waals surface area contributed by atoms with Crippen LogP contribution in [0.15, 0.2) is 53.3 Å². The molecule has 0 aliphatic heterocycles. The van der Waals surface area contributed by atoms with Gasteiger partial charge in [-0.3, -0.25) is 14.9 Å². The molecule has 3 aromatic heterocycles. The molecule has 5 heteroatoms. The van der Waals surface area contributed by atoms with Gasteiger partial charge < -0.3 is 4.52 Å². The van der Waals surface area contributed by atoms with E-state index in [2.05, 4.69) is 39.1 Å². The van der Waals surface area contributed by atoms with Gasteiger partial charge in [0.25, 0.3) is 0 Å². The molecule has 0 aromatic carbocycles. The molecule has 5 nitrogen and oxygen atoms in total. The van der Waals surface area contributed by atoms with E-state index in [1.807, 2.05) is 37.5 Å². The average molecular weight is 308 g/mol. The van der Waals surface area contributed by atoms with E-state index in [1.165, 1.54) is 5.56 Å². The average Bonchev–Trinajstić information content (AvgIpc) is 3.04. The molecule has 0 spiro atoms. The van der Waals surface area contributed by atoms with Crippen LogP contribution in [-0.2, 0) is 19.5 Å². The Bertz CT molecular complexity index is 737. The quantitative estimate of drug-likeness (QED) is 0.699. The van der Waals surface area contributed by atoms with Crippen molar-refractivity contribution in [2.75, 3.05) is 7.05 Å². The zero-order chi connectivity index (χ0) is 16.1. The van der Waals surface area contributed by atoms with Gasteiger partial charge in [0.15, 0.2) is 5.76 Å². The fourth-order valence-electron chi connectivity index (χ4n) is 2.38. The first kappa shape index (κ1) is 15.4. The van der Waals surface area contributed by atoms with E-state index in [9.17, 15) is 0 Å². The molecular formula is C18H20N4O. The van der Waals surface area contributed by atoms with Gasteiger partial charge in [-0.1, -0.05) is 24.2 Å². The van der Waals surface area contributed by atoms with E-state index >= 15 is 0 Å². The first-order valence-corrected chi connectivity index (χ1v) is 7.74. The summed E-state index contributed by atoms with van der Waals surface area (Å²) in [6.45, 7) is 3.58. The largest absolute Gasteiger partial charge is 0.359 e. The first-order valence-electron chi connectivity index (χ1n) is 7.74. The van der Waals surface area contributed by atoms with Crippen LogP contribution in [-0.4, -0.2) is 27.1 Å². The van der Waals surface area contributed by atoms with Gasteiger partial charge in [0.2, 0.25) is 0 Å². The lowest BCUT2D eigenvalue weighted by Crippen LogP contribution is -2.17. The van der Waals surface area contributed by atoms with Crippen LogP contribution in [0, 0.1) is 0 Å². The number of aryl methyl sites for hydroxylation is 1. The van der Waals surface area contributed by atoms with Gasteiger partial charge in [-0.05, 0) is 37.2 Å². The molecule has 0 atom stereocenters. The van der Waals surface area contributed by atoms with Crippen LogP contribution >= 0.6 is 0 Å². The summed E-state index contributed by atoms with van der Waals surface area (Å²) in [6, 6.07) is 11.9. The number of aromatic nitrogens is 3. The number of nitrogens with zero attached hydrogens (tertiary/aromatic N) is 4. The van der Waals surface area contributed by atoms with Gasteiger partial charge in [-0.15, -0.1) is 0 Å². The minimum Gasteiger partial charge on any atom is -0.359 e. The van der Waals surface area contributed by atoms with Crippen LogP contribution in [0.5, 0.6) is 0 Å². The van der Waals surface area contributed by atoms with Crippen molar-refractivity contribution in [3.8, 4) is 11.4 Å². The molecule has 3 aromatic rings. The van der Waals surface area contributed by atoms with Crippen molar-refractivity contribution < 1.29 is 4.52 Å². The summed E-state index contributed by atoms with van der Waals surface area (Å²) >= 11 is 0. The van der Waals surface area contributed by atoms with E-state index in [-0.39, 0.29) is 0 Å². The third kappa shape index (κ3) is 4.02. The third-order valence-electron chi connectivity index (χ3n) is 3.64. The number of hydrogen-bond acceptors (Lipinski definition) is 5. The fraction of sp³-hybridized carbons (Fsp3) is 0.278. The molecule has 0 aliphatic carbocycles. The highest BCUT2D eigenvalue weighted by atomic mass is 16.5. The van der Waals surface area contributed by atoms with Crippen molar-refractivity contribution in [3.05, 3.63) is 65.8 Å². The Labute approximate surface area is 136 Å². The van der Waals surface area contributed by atoms with Crippen LogP contribution in [0.1, 0.15) is 23.9 Å². The summed E-state index contributed by atoms with van der Waals surface area (Å²) in [5.74, 6) is 0.818. The predicted octanol–water partition coefficient (Wildman–Crippen LogP) is 3.33. The number of hydrogen-bond donors (Lipinski definition) is 0. The molecule has 0 bridgehead atoms. The van der Waals surface area contributed by atoms with Crippen LogP contribution < -0.4 is 0 Å². The molecular weight excluding hydrogens is 288 g/mol. The zero-order valence-corrected chi connectivity index (χ0v) is 13.4. The standard InChI is InChI=1S/C18H20N4O/c1-3-14-7-8-15(20-11-14)12-22(2)13-16-10-18(21-23-16)17-6-4-5-9-19-17/h4-11H,3,12-13H2,1-2H3. The second-order valence-electron chi connectivity index (χ2n) is 5.58. The summed E-state index contributed by atoms with van der Waals surface area (Å²) in [5.41, 5.74) is 3.89. The molecule has 0 unspecified atom stereocenters. The molecule has 0 aliphatic rings. The molecule has 0 N–H and O–H groups in total. The lowest BCUT2D eigenvalue weighted by Gasteiger charge is -2.14. The summed E-state index contributed by atoms with van der Waals surface area (Å²) in [4.78, 5) is 10.9. The number of rotatable bonds is 6. The second kappa shape index (κ2) is 7.15. The Morgan fingerprint density at radius 3 is 2.65 bits per heavy atom. The smallest absolute Gasteiger partial charge is 0.151 e. The highest BCUT2D eigenvalue weighted by Crippen LogP contribution is 2.17. The molecule has 0 saturated heterocycles. The molecule has 0 saturated carbocycles. The molecule has 0 radical (unpaired) electrons. The second-order valence-corrected chi connectivity index (χ2v) is 5.58. The lowest BCUT2D eigenvalue weighted by molar-refractivity contribution is 0.264. The highest BCUT2D eigenvalue weighted by molar-refractivity contribution is 5.52.